The fraction of sp³-hybridized carbons (Fsp3) is 0.0769. The number of hydrogen-bond acceptors (Lipinski definition) is 3. The van der Waals surface area contributed by atoms with E-state index in [1.807, 2.05) is 12.1 Å². The highest BCUT2D eigenvalue weighted by Crippen LogP contribution is 2.13. The molecule has 0 radical (unpaired) electrons. The van der Waals surface area contributed by atoms with Crippen LogP contribution in [-0.2, 0) is 15.8 Å². The largest absolute Gasteiger partial charge is 0.274 e. The van der Waals surface area contributed by atoms with Crippen molar-refractivity contribution >= 4 is 15.7 Å². The van der Waals surface area contributed by atoms with Crippen molar-refractivity contribution < 1.29 is 8.42 Å². The highest BCUT2D eigenvalue weighted by molar-refractivity contribution is 7.89. The second kappa shape index (κ2) is 5.55. The maximum atomic E-state index is 11.7. The lowest BCUT2D eigenvalue weighted by molar-refractivity contribution is 0.595. The van der Waals surface area contributed by atoms with Gasteiger partial charge in [0.15, 0.2) is 0 Å². The van der Waals surface area contributed by atoms with Gasteiger partial charge in [-0.05, 0) is 17.7 Å². The summed E-state index contributed by atoms with van der Waals surface area (Å²) in [6.07, 6.45) is 0. The van der Waals surface area contributed by atoms with Gasteiger partial charge >= 0.3 is 0 Å². The van der Waals surface area contributed by atoms with Gasteiger partial charge in [-0.25, -0.2) is 8.42 Å². The standard InChI is InChI=1S/C13H12N2O2S/c16-18(17,11-12-7-3-1-4-8-12)15-14-13-9-5-2-6-10-13/h1-10H,11H2. The molecule has 0 fully saturated rings. The summed E-state index contributed by atoms with van der Waals surface area (Å²) < 4.78 is 26.8. The van der Waals surface area contributed by atoms with Crippen molar-refractivity contribution in [3.05, 3.63) is 66.2 Å². The van der Waals surface area contributed by atoms with E-state index in [2.05, 4.69) is 9.63 Å². The summed E-state index contributed by atoms with van der Waals surface area (Å²) >= 11 is 0. The van der Waals surface area contributed by atoms with Crippen LogP contribution in [0.5, 0.6) is 0 Å². The van der Waals surface area contributed by atoms with E-state index >= 15 is 0 Å². The summed E-state index contributed by atoms with van der Waals surface area (Å²) in [5, 5.41) is 3.71. The van der Waals surface area contributed by atoms with Gasteiger partial charge in [0.2, 0.25) is 0 Å². The summed E-state index contributed by atoms with van der Waals surface area (Å²) in [7, 11) is -3.57. The van der Waals surface area contributed by atoms with Crippen LogP contribution in [0.1, 0.15) is 5.56 Å². The SMILES string of the molecule is O=S(=O)(Cc1ccccc1)N=Nc1ccccc1. The van der Waals surface area contributed by atoms with Gasteiger partial charge in [-0.1, -0.05) is 53.1 Å². The Balaban J connectivity index is 2.11. The Labute approximate surface area is 106 Å². The molecule has 2 rings (SSSR count). The van der Waals surface area contributed by atoms with E-state index in [-0.39, 0.29) is 5.75 Å². The fourth-order valence-electron chi connectivity index (χ4n) is 1.42. The summed E-state index contributed by atoms with van der Waals surface area (Å²) in [4.78, 5) is 0. The molecule has 2 aromatic carbocycles. The Hall–Kier alpha value is -2.01. The molecule has 18 heavy (non-hydrogen) atoms. The number of benzene rings is 2. The molecule has 5 heteroatoms. The molecule has 0 saturated heterocycles. The lowest BCUT2D eigenvalue weighted by Gasteiger charge is -1.97. The Bertz CT molecular complexity index is 623. The van der Waals surface area contributed by atoms with E-state index in [0.29, 0.717) is 11.3 Å². The summed E-state index contributed by atoms with van der Waals surface area (Å²) in [5.41, 5.74) is 1.22. The molecule has 0 atom stereocenters. The molecule has 0 heterocycles. The average Bonchev–Trinajstić information content (AvgIpc) is 2.38. The average molecular weight is 260 g/mol. The molecule has 92 valence electrons. The third kappa shape index (κ3) is 3.78. The second-order valence-corrected chi connectivity index (χ2v) is 5.34. The normalized spacial score (nSPS) is 11.8. The van der Waals surface area contributed by atoms with E-state index in [0.717, 1.165) is 0 Å². The van der Waals surface area contributed by atoms with Gasteiger partial charge in [-0.15, -0.1) is 5.11 Å². The van der Waals surface area contributed by atoms with Gasteiger partial charge in [0.1, 0.15) is 0 Å². The van der Waals surface area contributed by atoms with Crippen molar-refractivity contribution in [2.24, 2.45) is 9.63 Å². The molecule has 0 amide bonds. The molecule has 0 aliphatic rings. The van der Waals surface area contributed by atoms with E-state index in [1.54, 1.807) is 48.5 Å². The molecule has 0 N–H and O–H groups in total. The van der Waals surface area contributed by atoms with Crippen LogP contribution < -0.4 is 0 Å². The molecule has 0 aliphatic carbocycles. The van der Waals surface area contributed by atoms with Crippen molar-refractivity contribution in [1.29, 1.82) is 0 Å². The highest BCUT2D eigenvalue weighted by Gasteiger charge is 2.09. The van der Waals surface area contributed by atoms with Crippen LogP contribution >= 0.6 is 0 Å². The van der Waals surface area contributed by atoms with Crippen molar-refractivity contribution in [1.82, 2.24) is 0 Å². The lowest BCUT2D eigenvalue weighted by Crippen LogP contribution is -1.99. The molecule has 0 aliphatic heterocycles. The molecule has 0 saturated carbocycles. The Morgan fingerprint density at radius 1 is 0.833 bits per heavy atom. The van der Waals surface area contributed by atoms with Crippen molar-refractivity contribution in [2.75, 3.05) is 0 Å². The topological polar surface area (TPSA) is 58.9 Å². The van der Waals surface area contributed by atoms with Gasteiger partial charge in [0, 0.05) is 0 Å². The molecular formula is C13H12N2O2S. The molecule has 0 spiro atoms. The van der Waals surface area contributed by atoms with Crippen LogP contribution in [0.25, 0.3) is 0 Å². The van der Waals surface area contributed by atoms with Gasteiger partial charge in [0.25, 0.3) is 10.0 Å². The van der Waals surface area contributed by atoms with Crippen LogP contribution in [0.15, 0.2) is 70.3 Å². The third-order valence-corrected chi connectivity index (χ3v) is 3.26. The Morgan fingerprint density at radius 3 is 2.00 bits per heavy atom. The smallest absolute Gasteiger partial charge is 0.203 e. The molecule has 4 nitrogen and oxygen atoms in total. The predicted octanol–water partition coefficient (Wildman–Crippen LogP) is 3.30. The monoisotopic (exact) mass is 260 g/mol. The number of nitrogens with zero attached hydrogens (tertiary/aromatic N) is 2. The van der Waals surface area contributed by atoms with Gasteiger partial charge in [-0.2, -0.15) is 0 Å². The minimum absolute atomic E-state index is 0.135. The summed E-state index contributed by atoms with van der Waals surface area (Å²) in [6, 6.07) is 17.7. The second-order valence-electron chi connectivity index (χ2n) is 3.73. The molecule has 0 unspecified atom stereocenters. The highest BCUT2D eigenvalue weighted by atomic mass is 32.2. The Morgan fingerprint density at radius 2 is 1.39 bits per heavy atom. The first-order chi connectivity index (χ1) is 8.66. The third-order valence-electron chi connectivity index (χ3n) is 2.23. The maximum absolute atomic E-state index is 11.7. The Kier molecular flexibility index (Phi) is 3.84. The first kappa shape index (κ1) is 12.4. The van der Waals surface area contributed by atoms with E-state index in [1.165, 1.54) is 0 Å². The van der Waals surface area contributed by atoms with Crippen molar-refractivity contribution in [2.45, 2.75) is 5.75 Å². The van der Waals surface area contributed by atoms with Gasteiger partial charge in [0.05, 0.1) is 11.4 Å². The van der Waals surface area contributed by atoms with Crippen LogP contribution in [0, 0.1) is 0 Å². The minimum Gasteiger partial charge on any atom is -0.203 e. The maximum Gasteiger partial charge on any atom is 0.274 e. The first-order valence-electron chi connectivity index (χ1n) is 5.40. The summed E-state index contributed by atoms with van der Waals surface area (Å²) in [5.74, 6) is -0.135. The predicted molar refractivity (Wildman–Crippen MR) is 70.0 cm³/mol. The lowest BCUT2D eigenvalue weighted by atomic mass is 10.2. The van der Waals surface area contributed by atoms with Crippen LogP contribution in [0.4, 0.5) is 5.69 Å². The van der Waals surface area contributed by atoms with Gasteiger partial charge < -0.3 is 0 Å². The van der Waals surface area contributed by atoms with Crippen LogP contribution in [0.3, 0.4) is 0 Å². The number of rotatable bonds is 4. The molecular weight excluding hydrogens is 248 g/mol. The molecule has 2 aromatic rings. The zero-order valence-electron chi connectivity index (χ0n) is 9.60. The molecule has 0 bridgehead atoms. The van der Waals surface area contributed by atoms with Crippen LogP contribution in [-0.4, -0.2) is 8.42 Å². The van der Waals surface area contributed by atoms with Crippen molar-refractivity contribution in [3.8, 4) is 0 Å². The summed E-state index contributed by atoms with van der Waals surface area (Å²) in [6.45, 7) is 0. The van der Waals surface area contributed by atoms with E-state index in [9.17, 15) is 8.42 Å². The zero-order chi connectivity index (χ0) is 12.8. The van der Waals surface area contributed by atoms with E-state index < -0.39 is 10.0 Å². The van der Waals surface area contributed by atoms with Gasteiger partial charge in [-0.3, -0.25) is 0 Å². The quantitative estimate of drug-likeness (QED) is 0.792. The van der Waals surface area contributed by atoms with Crippen LogP contribution in [0.2, 0.25) is 0 Å². The van der Waals surface area contributed by atoms with E-state index in [4.69, 9.17) is 0 Å². The minimum atomic E-state index is -3.57. The van der Waals surface area contributed by atoms with Crippen molar-refractivity contribution in [3.63, 3.8) is 0 Å². The number of hydrogen-bond donors (Lipinski definition) is 0. The molecule has 0 aromatic heterocycles. The fourth-order valence-corrected chi connectivity index (χ4v) is 2.31. The zero-order valence-corrected chi connectivity index (χ0v) is 10.4. The first-order valence-corrected chi connectivity index (χ1v) is 7.01. The number of sulfonamides is 1.